The van der Waals surface area contributed by atoms with E-state index in [1.165, 1.54) is 0 Å². The van der Waals surface area contributed by atoms with Gasteiger partial charge in [0, 0.05) is 19.7 Å². The Labute approximate surface area is 118 Å². The van der Waals surface area contributed by atoms with Gasteiger partial charge in [0.25, 0.3) is 0 Å². The zero-order chi connectivity index (χ0) is 13.8. The van der Waals surface area contributed by atoms with Gasteiger partial charge in [0.05, 0.1) is 10.7 Å². The Morgan fingerprint density at radius 2 is 2.37 bits per heavy atom. The summed E-state index contributed by atoms with van der Waals surface area (Å²) in [6.45, 7) is 3.42. The van der Waals surface area contributed by atoms with Crippen LogP contribution in [0.15, 0.2) is 18.2 Å². The van der Waals surface area contributed by atoms with E-state index in [2.05, 4.69) is 5.32 Å². The predicted octanol–water partition coefficient (Wildman–Crippen LogP) is 2.88. The molecule has 1 unspecified atom stereocenters. The van der Waals surface area contributed by atoms with Crippen molar-refractivity contribution in [3.63, 3.8) is 0 Å². The molecule has 4 nitrogen and oxygen atoms in total. The van der Waals surface area contributed by atoms with Crippen LogP contribution < -0.4 is 5.32 Å². The minimum absolute atomic E-state index is 0.134. The third-order valence-corrected chi connectivity index (χ3v) is 3.74. The molecule has 5 heteroatoms. The molecule has 2 N–H and O–H groups in total. The van der Waals surface area contributed by atoms with Gasteiger partial charge in [0.2, 0.25) is 0 Å². The number of anilines is 1. The number of hydrogen-bond donors (Lipinski definition) is 2. The molecule has 1 saturated heterocycles. The number of nitrogens with one attached hydrogen (secondary N) is 1. The number of piperidine rings is 1. The van der Waals surface area contributed by atoms with Crippen molar-refractivity contribution in [1.82, 2.24) is 4.90 Å². The zero-order valence-corrected chi connectivity index (χ0v) is 11.8. The van der Waals surface area contributed by atoms with Crippen molar-refractivity contribution in [2.45, 2.75) is 19.8 Å². The molecule has 1 fully saturated rings. The van der Waals surface area contributed by atoms with E-state index in [-0.39, 0.29) is 18.6 Å². The monoisotopic (exact) mass is 282 g/mol. The van der Waals surface area contributed by atoms with Crippen molar-refractivity contribution in [2.24, 2.45) is 5.92 Å². The summed E-state index contributed by atoms with van der Waals surface area (Å²) >= 11 is 6.10. The topological polar surface area (TPSA) is 52.6 Å². The number of likely N-dealkylation sites (tertiary alicyclic amines) is 1. The second-order valence-electron chi connectivity index (χ2n) is 5.05. The summed E-state index contributed by atoms with van der Waals surface area (Å²) in [5, 5.41) is 12.5. The summed E-state index contributed by atoms with van der Waals surface area (Å²) in [5.74, 6) is 0.188. The lowest BCUT2D eigenvalue weighted by atomic mass is 9.99. The van der Waals surface area contributed by atoms with E-state index in [1.54, 1.807) is 4.90 Å². The lowest BCUT2D eigenvalue weighted by molar-refractivity contribution is 0.136. The molecular weight excluding hydrogens is 264 g/mol. The van der Waals surface area contributed by atoms with E-state index in [0.717, 1.165) is 24.9 Å². The molecule has 0 saturated carbocycles. The van der Waals surface area contributed by atoms with Gasteiger partial charge in [0.1, 0.15) is 0 Å². The van der Waals surface area contributed by atoms with Crippen LogP contribution >= 0.6 is 11.6 Å². The number of benzene rings is 1. The average Bonchev–Trinajstić information content (AvgIpc) is 2.42. The van der Waals surface area contributed by atoms with Gasteiger partial charge in [-0.3, -0.25) is 0 Å². The number of aliphatic hydroxyl groups excluding tert-OH is 1. The number of aliphatic hydroxyl groups is 1. The highest BCUT2D eigenvalue weighted by Gasteiger charge is 2.23. The number of hydrogen-bond acceptors (Lipinski definition) is 2. The summed E-state index contributed by atoms with van der Waals surface area (Å²) in [6.07, 6.45) is 1.91. The molecule has 1 aliphatic rings. The molecule has 2 amide bonds. The summed E-state index contributed by atoms with van der Waals surface area (Å²) in [5.41, 5.74) is 1.68. The fraction of sp³-hybridized carbons (Fsp3) is 0.500. The maximum absolute atomic E-state index is 12.1. The molecule has 0 aromatic heterocycles. The van der Waals surface area contributed by atoms with Gasteiger partial charge in [0.15, 0.2) is 0 Å². The SMILES string of the molecule is Cc1ccc(NC(=O)N2CCCC(CO)C2)c(Cl)c1. The third kappa shape index (κ3) is 3.61. The lowest BCUT2D eigenvalue weighted by Crippen LogP contribution is -2.43. The van der Waals surface area contributed by atoms with Crippen LogP contribution in [0.4, 0.5) is 10.5 Å². The highest BCUT2D eigenvalue weighted by molar-refractivity contribution is 6.33. The Morgan fingerprint density at radius 3 is 3.05 bits per heavy atom. The highest BCUT2D eigenvalue weighted by atomic mass is 35.5. The molecule has 0 bridgehead atoms. The molecule has 0 radical (unpaired) electrons. The summed E-state index contributed by atoms with van der Waals surface area (Å²) in [7, 11) is 0. The Balaban J connectivity index is 2.00. The fourth-order valence-electron chi connectivity index (χ4n) is 2.31. The second kappa shape index (κ2) is 6.26. The van der Waals surface area contributed by atoms with Gasteiger partial charge < -0.3 is 15.3 Å². The second-order valence-corrected chi connectivity index (χ2v) is 5.46. The van der Waals surface area contributed by atoms with Gasteiger partial charge >= 0.3 is 6.03 Å². The quantitative estimate of drug-likeness (QED) is 0.876. The van der Waals surface area contributed by atoms with E-state index in [1.807, 2.05) is 25.1 Å². The lowest BCUT2D eigenvalue weighted by Gasteiger charge is -2.31. The van der Waals surface area contributed by atoms with Gasteiger partial charge in [-0.1, -0.05) is 17.7 Å². The third-order valence-electron chi connectivity index (χ3n) is 3.43. The van der Waals surface area contributed by atoms with Crippen LogP contribution in [0.5, 0.6) is 0 Å². The number of aryl methyl sites for hydroxylation is 1. The highest BCUT2D eigenvalue weighted by Crippen LogP contribution is 2.24. The van der Waals surface area contributed by atoms with E-state index in [4.69, 9.17) is 11.6 Å². The molecule has 0 aliphatic carbocycles. The first-order valence-electron chi connectivity index (χ1n) is 6.53. The maximum Gasteiger partial charge on any atom is 0.321 e. The van der Waals surface area contributed by atoms with Gasteiger partial charge in [-0.2, -0.15) is 0 Å². The minimum Gasteiger partial charge on any atom is -0.396 e. The maximum atomic E-state index is 12.1. The predicted molar refractivity (Wildman–Crippen MR) is 76.6 cm³/mol. The number of rotatable bonds is 2. The Morgan fingerprint density at radius 1 is 1.58 bits per heavy atom. The largest absolute Gasteiger partial charge is 0.396 e. The van der Waals surface area contributed by atoms with Crippen molar-refractivity contribution in [3.8, 4) is 0 Å². The van der Waals surface area contributed by atoms with Crippen molar-refractivity contribution >= 4 is 23.3 Å². The smallest absolute Gasteiger partial charge is 0.321 e. The van der Waals surface area contributed by atoms with E-state index >= 15 is 0 Å². The normalized spacial score (nSPS) is 19.3. The first-order chi connectivity index (χ1) is 9.10. The molecular formula is C14H19ClN2O2. The molecule has 2 rings (SSSR count). The molecule has 104 valence electrons. The van der Waals surface area contributed by atoms with Crippen LogP contribution in [0.3, 0.4) is 0 Å². The number of halogens is 1. The van der Waals surface area contributed by atoms with Crippen molar-refractivity contribution in [2.75, 3.05) is 25.0 Å². The number of amides is 2. The van der Waals surface area contributed by atoms with Crippen LogP contribution in [0.25, 0.3) is 0 Å². The first kappa shape index (κ1) is 14.2. The number of urea groups is 1. The molecule has 1 aromatic rings. The standard InChI is InChI=1S/C14H19ClN2O2/c1-10-4-5-13(12(15)7-10)16-14(19)17-6-2-3-11(8-17)9-18/h4-5,7,11,18H,2-3,6,8-9H2,1H3,(H,16,19). The van der Waals surface area contributed by atoms with Crippen molar-refractivity contribution in [3.05, 3.63) is 28.8 Å². The number of carbonyl (C=O) groups is 1. The van der Waals surface area contributed by atoms with Crippen LogP contribution in [0, 0.1) is 12.8 Å². The fourth-order valence-corrected chi connectivity index (χ4v) is 2.60. The molecule has 1 aliphatic heterocycles. The van der Waals surface area contributed by atoms with E-state index in [0.29, 0.717) is 17.3 Å². The minimum atomic E-state index is -0.149. The van der Waals surface area contributed by atoms with Crippen LogP contribution in [-0.2, 0) is 0 Å². The van der Waals surface area contributed by atoms with E-state index in [9.17, 15) is 9.90 Å². The average molecular weight is 283 g/mol. The summed E-state index contributed by atoms with van der Waals surface area (Å²) in [6, 6.07) is 5.39. The Kier molecular flexibility index (Phi) is 4.66. The molecule has 1 atom stereocenters. The van der Waals surface area contributed by atoms with Gasteiger partial charge in [-0.25, -0.2) is 4.79 Å². The zero-order valence-electron chi connectivity index (χ0n) is 11.0. The van der Waals surface area contributed by atoms with Crippen LogP contribution in [0.2, 0.25) is 5.02 Å². The van der Waals surface area contributed by atoms with Gasteiger partial charge in [-0.05, 0) is 43.4 Å². The summed E-state index contributed by atoms with van der Waals surface area (Å²) in [4.78, 5) is 13.9. The van der Waals surface area contributed by atoms with Gasteiger partial charge in [-0.15, -0.1) is 0 Å². The summed E-state index contributed by atoms with van der Waals surface area (Å²) < 4.78 is 0. The molecule has 1 aromatic carbocycles. The van der Waals surface area contributed by atoms with Crippen LogP contribution in [0.1, 0.15) is 18.4 Å². The molecule has 0 spiro atoms. The van der Waals surface area contributed by atoms with E-state index < -0.39 is 0 Å². The van der Waals surface area contributed by atoms with Crippen LogP contribution in [-0.4, -0.2) is 35.7 Å². The Hall–Kier alpha value is -1.26. The Bertz CT molecular complexity index is 465. The first-order valence-corrected chi connectivity index (χ1v) is 6.91. The number of nitrogens with zero attached hydrogens (tertiary/aromatic N) is 1. The molecule has 19 heavy (non-hydrogen) atoms. The van der Waals surface area contributed by atoms with Crippen molar-refractivity contribution in [1.29, 1.82) is 0 Å². The molecule has 1 heterocycles. The van der Waals surface area contributed by atoms with Crippen molar-refractivity contribution < 1.29 is 9.90 Å². The number of carbonyl (C=O) groups excluding carboxylic acids is 1.